The van der Waals surface area contributed by atoms with Crippen molar-refractivity contribution in [1.29, 1.82) is 0 Å². The van der Waals surface area contributed by atoms with Crippen molar-refractivity contribution in [3.63, 3.8) is 0 Å². The van der Waals surface area contributed by atoms with Crippen LogP contribution in [0.2, 0.25) is 0 Å². The molecule has 0 aromatic heterocycles. The van der Waals surface area contributed by atoms with Crippen LogP contribution in [0.25, 0.3) is 0 Å². The highest BCUT2D eigenvalue weighted by Crippen LogP contribution is 2.27. The van der Waals surface area contributed by atoms with Crippen LogP contribution in [0.15, 0.2) is 24.3 Å². The standard InChI is InChI=1S/C21H35NO4S/c1-8-17(3)22(20(23)13-16(2)14-21(4,5)6)15-18-9-11-19(12-10-18)26-27(7,24)25/h9-12,16-17H,8,13-15H2,1-7H3/t16-,17+/m1/s1. The van der Waals surface area contributed by atoms with E-state index in [4.69, 9.17) is 4.18 Å². The van der Waals surface area contributed by atoms with E-state index in [1.807, 2.05) is 17.0 Å². The van der Waals surface area contributed by atoms with Crippen LogP contribution >= 0.6 is 0 Å². The molecule has 6 heteroatoms. The number of hydrogen-bond donors (Lipinski definition) is 0. The molecule has 0 heterocycles. The summed E-state index contributed by atoms with van der Waals surface area (Å²) in [5.74, 6) is 0.772. The monoisotopic (exact) mass is 397 g/mol. The lowest BCUT2D eigenvalue weighted by molar-refractivity contribution is -0.135. The molecule has 0 N–H and O–H groups in total. The Bertz CT molecular complexity index is 705. The molecule has 154 valence electrons. The minimum absolute atomic E-state index is 0.145. The van der Waals surface area contributed by atoms with Gasteiger partial charge in [0.05, 0.1) is 6.26 Å². The lowest BCUT2D eigenvalue weighted by Gasteiger charge is -2.31. The van der Waals surface area contributed by atoms with Crippen molar-refractivity contribution in [3.8, 4) is 5.75 Å². The molecule has 2 atom stereocenters. The molecule has 27 heavy (non-hydrogen) atoms. The lowest BCUT2D eigenvalue weighted by atomic mass is 9.84. The average Bonchev–Trinajstić information content (AvgIpc) is 2.49. The zero-order valence-electron chi connectivity index (χ0n) is 17.8. The van der Waals surface area contributed by atoms with Crippen LogP contribution in [0, 0.1) is 11.3 Å². The number of hydrogen-bond acceptors (Lipinski definition) is 4. The van der Waals surface area contributed by atoms with Gasteiger partial charge < -0.3 is 9.08 Å². The van der Waals surface area contributed by atoms with Crippen molar-refractivity contribution in [2.45, 2.75) is 73.4 Å². The van der Waals surface area contributed by atoms with Crippen molar-refractivity contribution in [2.75, 3.05) is 6.26 Å². The zero-order chi connectivity index (χ0) is 20.8. The van der Waals surface area contributed by atoms with E-state index in [1.54, 1.807) is 12.1 Å². The SMILES string of the molecule is CC[C@H](C)N(Cc1ccc(OS(C)(=O)=O)cc1)C(=O)C[C@@H](C)CC(C)(C)C. The normalized spacial score (nSPS) is 14.5. The molecule has 0 spiro atoms. The highest BCUT2D eigenvalue weighted by atomic mass is 32.2. The highest BCUT2D eigenvalue weighted by molar-refractivity contribution is 7.86. The highest BCUT2D eigenvalue weighted by Gasteiger charge is 2.23. The van der Waals surface area contributed by atoms with E-state index >= 15 is 0 Å². The summed E-state index contributed by atoms with van der Waals surface area (Å²) in [5, 5.41) is 0. The fourth-order valence-corrected chi connectivity index (χ4v) is 3.73. The lowest BCUT2D eigenvalue weighted by Crippen LogP contribution is -2.38. The Hall–Kier alpha value is -1.56. The first-order valence-corrected chi connectivity index (χ1v) is 11.4. The molecule has 0 fully saturated rings. The molecule has 1 rings (SSSR count). The van der Waals surface area contributed by atoms with Gasteiger partial charge in [0.25, 0.3) is 0 Å². The zero-order valence-corrected chi connectivity index (χ0v) is 18.6. The molecule has 0 aliphatic heterocycles. The van der Waals surface area contributed by atoms with E-state index in [0.717, 1.165) is 24.7 Å². The van der Waals surface area contributed by atoms with Crippen LogP contribution in [0.1, 0.15) is 66.4 Å². The summed E-state index contributed by atoms with van der Waals surface area (Å²) >= 11 is 0. The molecular weight excluding hydrogens is 362 g/mol. The van der Waals surface area contributed by atoms with Gasteiger partial charge in [0.15, 0.2) is 0 Å². The number of carbonyl (C=O) groups excluding carboxylic acids is 1. The predicted molar refractivity (Wildman–Crippen MR) is 110 cm³/mol. The van der Waals surface area contributed by atoms with Crippen LogP contribution in [0.4, 0.5) is 0 Å². The topological polar surface area (TPSA) is 63.7 Å². The van der Waals surface area contributed by atoms with E-state index in [-0.39, 0.29) is 23.1 Å². The molecular formula is C21H35NO4S. The van der Waals surface area contributed by atoms with E-state index < -0.39 is 10.1 Å². The molecule has 0 radical (unpaired) electrons. The van der Waals surface area contributed by atoms with Gasteiger partial charge in [0.2, 0.25) is 5.91 Å². The number of amides is 1. The van der Waals surface area contributed by atoms with Gasteiger partial charge in [-0.25, -0.2) is 0 Å². The van der Waals surface area contributed by atoms with Gasteiger partial charge in [-0.2, -0.15) is 8.42 Å². The van der Waals surface area contributed by atoms with Crippen LogP contribution in [-0.4, -0.2) is 31.5 Å². The van der Waals surface area contributed by atoms with Crippen molar-refractivity contribution in [1.82, 2.24) is 4.90 Å². The molecule has 0 aliphatic rings. The largest absolute Gasteiger partial charge is 0.383 e. The first-order valence-electron chi connectivity index (χ1n) is 9.58. The Labute approximate surface area is 165 Å². The van der Waals surface area contributed by atoms with Crippen LogP contribution in [-0.2, 0) is 21.5 Å². The quantitative estimate of drug-likeness (QED) is 0.571. The maximum atomic E-state index is 12.9. The first kappa shape index (κ1) is 23.5. The van der Waals surface area contributed by atoms with Crippen LogP contribution < -0.4 is 4.18 Å². The molecule has 0 unspecified atom stereocenters. The molecule has 1 aromatic rings. The van der Waals surface area contributed by atoms with Crippen molar-refractivity contribution >= 4 is 16.0 Å². The van der Waals surface area contributed by atoms with E-state index in [9.17, 15) is 13.2 Å². The Balaban J connectivity index is 2.84. The van der Waals surface area contributed by atoms with E-state index in [0.29, 0.717) is 18.9 Å². The van der Waals surface area contributed by atoms with Gasteiger partial charge in [-0.3, -0.25) is 4.79 Å². The molecule has 0 aliphatic carbocycles. The fraction of sp³-hybridized carbons (Fsp3) is 0.667. The van der Waals surface area contributed by atoms with E-state index in [2.05, 4.69) is 41.5 Å². The van der Waals surface area contributed by atoms with Crippen LogP contribution in [0.5, 0.6) is 5.75 Å². The molecule has 1 amide bonds. The van der Waals surface area contributed by atoms with Gasteiger partial charge in [-0.1, -0.05) is 46.8 Å². The molecule has 0 saturated carbocycles. The smallest absolute Gasteiger partial charge is 0.306 e. The van der Waals surface area contributed by atoms with Crippen LogP contribution in [0.3, 0.4) is 0 Å². The summed E-state index contributed by atoms with van der Waals surface area (Å²) in [6, 6.07) is 7.01. The van der Waals surface area contributed by atoms with Crippen molar-refractivity contribution in [2.24, 2.45) is 11.3 Å². The summed E-state index contributed by atoms with van der Waals surface area (Å²) in [5.41, 5.74) is 1.16. The summed E-state index contributed by atoms with van der Waals surface area (Å²) in [6.45, 7) is 13.4. The third kappa shape index (κ3) is 9.27. The van der Waals surface area contributed by atoms with Crippen molar-refractivity contribution < 1.29 is 17.4 Å². The van der Waals surface area contributed by atoms with Gasteiger partial charge in [-0.15, -0.1) is 0 Å². The first-order chi connectivity index (χ1) is 12.3. The minimum atomic E-state index is -3.54. The summed E-state index contributed by atoms with van der Waals surface area (Å²) in [7, 11) is -3.54. The maximum Gasteiger partial charge on any atom is 0.306 e. The fourth-order valence-electron chi connectivity index (χ4n) is 3.27. The number of carbonyl (C=O) groups is 1. The second-order valence-corrected chi connectivity index (χ2v) is 10.4. The van der Waals surface area contributed by atoms with E-state index in [1.165, 1.54) is 0 Å². The Morgan fingerprint density at radius 2 is 1.70 bits per heavy atom. The summed E-state index contributed by atoms with van der Waals surface area (Å²) in [4.78, 5) is 14.8. The van der Waals surface area contributed by atoms with Gasteiger partial charge in [0, 0.05) is 19.0 Å². The Morgan fingerprint density at radius 1 is 1.15 bits per heavy atom. The molecule has 0 saturated heterocycles. The Kier molecular flexibility index (Phi) is 8.33. The third-order valence-corrected chi connectivity index (χ3v) is 4.95. The minimum Gasteiger partial charge on any atom is -0.383 e. The van der Waals surface area contributed by atoms with Gasteiger partial charge >= 0.3 is 10.1 Å². The second kappa shape index (κ2) is 9.58. The van der Waals surface area contributed by atoms with Crippen molar-refractivity contribution in [3.05, 3.63) is 29.8 Å². The predicted octanol–water partition coefficient (Wildman–Crippen LogP) is 4.61. The molecule has 1 aromatic carbocycles. The number of nitrogens with zero attached hydrogens (tertiary/aromatic N) is 1. The molecule has 0 bridgehead atoms. The maximum absolute atomic E-state index is 12.9. The average molecular weight is 398 g/mol. The third-order valence-electron chi connectivity index (χ3n) is 4.45. The van der Waals surface area contributed by atoms with Gasteiger partial charge in [0.1, 0.15) is 5.75 Å². The second-order valence-electron chi connectivity index (χ2n) is 8.78. The summed E-state index contributed by atoms with van der Waals surface area (Å²) in [6.07, 6.45) is 3.44. The number of rotatable bonds is 9. The number of benzene rings is 1. The molecule has 5 nitrogen and oxygen atoms in total. The van der Waals surface area contributed by atoms with Gasteiger partial charge in [-0.05, 0) is 48.8 Å². The summed E-state index contributed by atoms with van der Waals surface area (Å²) < 4.78 is 27.3. The Morgan fingerprint density at radius 3 is 2.15 bits per heavy atom.